The minimum Gasteiger partial charge on any atom is -0.312 e. The van der Waals surface area contributed by atoms with Gasteiger partial charge in [-0.15, -0.1) is 11.3 Å². The Hall–Kier alpha value is -0.970. The standard InChI is InChI=1S/C13H14ClFN2S/c1-8-13(18-7-17-8)12(16-2)6-9-10(14)4-3-5-11(9)15/h3-5,7,12,16H,6H2,1-2H3. The van der Waals surface area contributed by atoms with Crippen LogP contribution in [0, 0.1) is 12.7 Å². The van der Waals surface area contributed by atoms with Crippen LogP contribution >= 0.6 is 22.9 Å². The van der Waals surface area contributed by atoms with Gasteiger partial charge in [0.1, 0.15) is 5.82 Å². The van der Waals surface area contributed by atoms with Gasteiger partial charge < -0.3 is 5.32 Å². The SMILES string of the molecule is CNC(Cc1c(F)cccc1Cl)c1scnc1C. The fraction of sp³-hybridized carbons (Fsp3) is 0.308. The molecular formula is C13H14ClFN2S. The van der Waals surface area contributed by atoms with Crippen LogP contribution in [0.5, 0.6) is 0 Å². The highest BCUT2D eigenvalue weighted by atomic mass is 35.5. The Morgan fingerprint density at radius 2 is 2.28 bits per heavy atom. The van der Waals surface area contributed by atoms with Crippen LogP contribution in [-0.2, 0) is 6.42 Å². The summed E-state index contributed by atoms with van der Waals surface area (Å²) in [6, 6.07) is 4.81. The normalized spacial score (nSPS) is 12.7. The smallest absolute Gasteiger partial charge is 0.127 e. The van der Waals surface area contributed by atoms with Crippen molar-refractivity contribution in [3.8, 4) is 0 Å². The van der Waals surface area contributed by atoms with E-state index in [9.17, 15) is 4.39 Å². The number of aromatic nitrogens is 1. The van der Waals surface area contributed by atoms with E-state index < -0.39 is 0 Å². The molecule has 18 heavy (non-hydrogen) atoms. The number of rotatable bonds is 4. The van der Waals surface area contributed by atoms with Crippen molar-refractivity contribution in [2.24, 2.45) is 0 Å². The van der Waals surface area contributed by atoms with E-state index >= 15 is 0 Å². The summed E-state index contributed by atoms with van der Waals surface area (Å²) in [7, 11) is 1.86. The first-order valence-corrected chi connectivity index (χ1v) is 6.89. The van der Waals surface area contributed by atoms with Gasteiger partial charge in [-0.1, -0.05) is 17.7 Å². The lowest BCUT2D eigenvalue weighted by molar-refractivity contribution is 0.558. The van der Waals surface area contributed by atoms with E-state index in [2.05, 4.69) is 10.3 Å². The molecule has 1 atom stereocenters. The van der Waals surface area contributed by atoms with Crippen molar-refractivity contribution >= 4 is 22.9 Å². The summed E-state index contributed by atoms with van der Waals surface area (Å²) in [6.45, 7) is 1.96. The number of hydrogen-bond acceptors (Lipinski definition) is 3. The highest BCUT2D eigenvalue weighted by Crippen LogP contribution is 2.28. The van der Waals surface area contributed by atoms with E-state index in [1.165, 1.54) is 6.07 Å². The van der Waals surface area contributed by atoms with Gasteiger partial charge in [-0.05, 0) is 32.5 Å². The molecule has 0 bridgehead atoms. The molecule has 0 amide bonds. The molecule has 0 aliphatic rings. The lowest BCUT2D eigenvalue weighted by atomic mass is 10.0. The Morgan fingerprint density at radius 1 is 1.50 bits per heavy atom. The predicted octanol–water partition coefficient (Wildman–Crippen LogP) is 3.75. The number of nitrogens with zero attached hydrogens (tertiary/aromatic N) is 1. The lowest BCUT2D eigenvalue weighted by Gasteiger charge is -2.16. The number of hydrogen-bond donors (Lipinski definition) is 1. The number of nitrogens with one attached hydrogen (secondary N) is 1. The summed E-state index contributed by atoms with van der Waals surface area (Å²) in [4.78, 5) is 5.35. The quantitative estimate of drug-likeness (QED) is 0.925. The van der Waals surface area contributed by atoms with E-state index in [1.807, 2.05) is 14.0 Å². The third kappa shape index (κ3) is 2.71. The number of thiazole rings is 1. The Kier molecular flexibility index (Phi) is 4.32. The largest absolute Gasteiger partial charge is 0.312 e. The number of halogens is 2. The van der Waals surface area contributed by atoms with Gasteiger partial charge in [-0.3, -0.25) is 0 Å². The van der Waals surface area contributed by atoms with Crippen LogP contribution in [0.2, 0.25) is 5.02 Å². The molecule has 0 radical (unpaired) electrons. The molecule has 96 valence electrons. The van der Waals surface area contributed by atoms with Crippen molar-refractivity contribution in [1.82, 2.24) is 10.3 Å². The van der Waals surface area contributed by atoms with E-state index in [4.69, 9.17) is 11.6 Å². The van der Waals surface area contributed by atoms with Crippen LogP contribution < -0.4 is 5.32 Å². The molecule has 0 aliphatic heterocycles. The zero-order valence-electron chi connectivity index (χ0n) is 10.2. The van der Waals surface area contributed by atoms with Crippen LogP contribution in [0.15, 0.2) is 23.7 Å². The highest BCUT2D eigenvalue weighted by molar-refractivity contribution is 7.09. The highest BCUT2D eigenvalue weighted by Gasteiger charge is 2.18. The van der Waals surface area contributed by atoms with Crippen LogP contribution in [-0.4, -0.2) is 12.0 Å². The van der Waals surface area contributed by atoms with Gasteiger partial charge in [0.2, 0.25) is 0 Å². The molecule has 2 nitrogen and oxygen atoms in total. The summed E-state index contributed by atoms with van der Waals surface area (Å²) < 4.78 is 13.8. The van der Waals surface area contributed by atoms with Crippen molar-refractivity contribution in [2.45, 2.75) is 19.4 Å². The van der Waals surface area contributed by atoms with Gasteiger partial charge in [0, 0.05) is 21.5 Å². The van der Waals surface area contributed by atoms with Crippen molar-refractivity contribution in [3.05, 3.63) is 50.7 Å². The lowest BCUT2D eigenvalue weighted by Crippen LogP contribution is -2.19. The van der Waals surface area contributed by atoms with Gasteiger partial charge in [0.25, 0.3) is 0 Å². The van der Waals surface area contributed by atoms with Crippen LogP contribution in [0.3, 0.4) is 0 Å². The van der Waals surface area contributed by atoms with Gasteiger partial charge in [0.05, 0.1) is 11.2 Å². The van der Waals surface area contributed by atoms with E-state index in [1.54, 1.807) is 29.0 Å². The summed E-state index contributed by atoms with van der Waals surface area (Å²) >= 11 is 7.63. The second kappa shape index (κ2) is 5.78. The van der Waals surface area contributed by atoms with E-state index in [0.29, 0.717) is 17.0 Å². The van der Waals surface area contributed by atoms with Gasteiger partial charge in [-0.2, -0.15) is 0 Å². The Labute approximate surface area is 115 Å². The third-order valence-corrected chi connectivity index (χ3v) is 4.32. The fourth-order valence-electron chi connectivity index (χ4n) is 1.90. The topological polar surface area (TPSA) is 24.9 Å². The summed E-state index contributed by atoms with van der Waals surface area (Å²) in [6.07, 6.45) is 0.519. The first-order valence-electron chi connectivity index (χ1n) is 5.63. The van der Waals surface area contributed by atoms with Crippen molar-refractivity contribution in [1.29, 1.82) is 0 Å². The summed E-state index contributed by atoms with van der Waals surface area (Å²) in [5, 5.41) is 3.66. The second-order valence-corrected chi connectivity index (χ2v) is 5.34. The predicted molar refractivity (Wildman–Crippen MR) is 73.8 cm³/mol. The van der Waals surface area contributed by atoms with Crippen LogP contribution in [0.1, 0.15) is 22.2 Å². The zero-order valence-corrected chi connectivity index (χ0v) is 11.8. The average molecular weight is 285 g/mol. The minimum absolute atomic E-state index is 0.0342. The molecular weight excluding hydrogens is 271 g/mol. The molecule has 1 heterocycles. The first-order chi connectivity index (χ1) is 8.63. The van der Waals surface area contributed by atoms with Crippen molar-refractivity contribution in [2.75, 3.05) is 7.05 Å². The first kappa shape index (κ1) is 13.5. The molecule has 5 heteroatoms. The number of benzene rings is 1. The molecule has 1 aromatic carbocycles. The van der Waals surface area contributed by atoms with E-state index in [0.717, 1.165) is 10.6 Å². The zero-order chi connectivity index (χ0) is 13.1. The molecule has 1 unspecified atom stereocenters. The molecule has 2 rings (SSSR count). The maximum absolute atomic E-state index is 13.8. The summed E-state index contributed by atoms with van der Waals surface area (Å²) in [5.41, 5.74) is 3.33. The van der Waals surface area contributed by atoms with Crippen molar-refractivity contribution < 1.29 is 4.39 Å². The maximum atomic E-state index is 13.8. The Bertz CT molecular complexity index is 521. The van der Waals surface area contributed by atoms with Crippen LogP contribution in [0.25, 0.3) is 0 Å². The number of likely N-dealkylation sites (N-methyl/N-ethyl adjacent to an activating group) is 1. The van der Waals surface area contributed by atoms with Gasteiger partial charge in [-0.25, -0.2) is 9.37 Å². The monoisotopic (exact) mass is 284 g/mol. The molecule has 0 spiro atoms. The van der Waals surface area contributed by atoms with Crippen molar-refractivity contribution in [3.63, 3.8) is 0 Å². The third-order valence-electron chi connectivity index (χ3n) is 2.92. The Balaban J connectivity index is 2.29. The molecule has 0 saturated heterocycles. The van der Waals surface area contributed by atoms with Gasteiger partial charge >= 0.3 is 0 Å². The Morgan fingerprint density at radius 3 is 2.83 bits per heavy atom. The molecule has 0 fully saturated rings. The fourth-order valence-corrected chi connectivity index (χ4v) is 3.06. The molecule has 1 N–H and O–H groups in total. The molecule has 0 saturated carbocycles. The number of aryl methyl sites for hydroxylation is 1. The maximum Gasteiger partial charge on any atom is 0.127 e. The average Bonchev–Trinajstić information content (AvgIpc) is 2.76. The molecule has 1 aromatic heterocycles. The summed E-state index contributed by atoms with van der Waals surface area (Å²) in [5.74, 6) is -0.259. The second-order valence-electron chi connectivity index (χ2n) is 4.05. The van der Waals surface area contributed by atoms with Gasteiger partial charge in [0.15, 0.2) is 0 Å². The van der Waals surface area contributed by atoms with E-state index in [-0.39, 0.29) is 11.9 Å². The molecule has 2 aromatic rings. The van der Waals surface area contributed by atoms with Crippen LogP contribution in [0.4, 0.5) is 4.39 Å². The molecule has 0 aliphatic carbocycles. The minimum atomic E-state index is -0.259.